The average molecular weight is 240 g/mol. The zero-order valence-electron chi connectivity index (χ0n) is 10.7. The Bertz CT molecular complexity index is 355. The van der Waals surface area contributed by atoms with E-state index in [1.165, 1.54) is 6.07 Å². The van der Waals surface area contributed by atoms with E-state index in [0.29, 0.717) is 12.3 Å². The molecule has 1 unspecified atom stereocenters. The summed E-state index contributed by atoms with van der Waals surface area (Å²) < 4.78 is 18.8. The smallest absolute Gasteiger partial charge is 0.146 e. The minimum Gasteiger partial charge on any atom is -0.385 e. The minimum absolute atomic E-state index is 0.175. The Labute approximate surface area is 102 Å². The van der Waals surface area contributed by atoms with Crippen LogP contribution in [-0.2, 0) is 4.74 Å². The number of methoxy groups -OCH3 is 1. The van der Waals surface area contributed by atoms with Crippen molar-refractivity contribution in [3.63, 3.8) is 0 Å². The van der Waals surface area contributed by atoms with E-state index in [-0.39, 0.29) is 11.9 Å². The van der Waals surface area contributed by atoms with Crippen molar-refractivity contribution < 1.29 is 9.13 Å². The number of benzene rings is 1. The van der Waals surface area contributed by atoms with Crippen molar-refractivity contribution in [1.29, 1.82) is 0 Å². The predicted octanol–water partition coefficient (Wildman–Crippen LogP) is 2.32. The van der Waals surface area contributed by atoms with E-state index in [2.05, 4.69) is 0 Å². The topological polar surface area (TPSA) is 38.5 Å². The van der Waals surface area contributed by atoms with E-state index in [0.717, 1.165) is 18.5 Å². The van der Waals surface area contributed by atoms with E-state index < -0.39 is 0 Å². The van der Waals surface area contributed by atoms with Crippen molar-refractivity contribution in [2.45, 2.75) is 19.4 Å². The minimum atomic E-state index is -0.222. The van der Waals surface area contributed by atoms with E-state index in [1.54, 1.807) is 13.2 Å². The maximum absolute atomic E-state index is 13.8. The van der Waals surface area contributed by atoms with Gasteiger partial charge in [0.25, 0.3) is 0 Å². The molecule has 1 aromatic carbocycles. The zero-order chi connectivity index (χ0) is 12.8. The van der Waals surface area contributed by atoms with Crippen LogP contribution in [0.3, 0.4) is 0 Å². The van der Waals surface area contributed by atoms with Crippen LogP contribution < -0.4 is 10.6 Å². The number of anilines is 1. The average Bonchev–Trinajstić information content (AvgIpc) is 2.28. The molecule has 2 N–H and O–H groups in total. The summed E-state index contributed by atoms with van der Waals surface area (Å²) in [4.78, 5) is 1.90. The van der Waals surface area contributed by atoms with Crippen LogP contribution in [0.4, 0.5) is 10.1 Å². The summed E-state index contributed by atoms with van der Waals surface area (Å²) in [6.45, 7) is 3.28. The van der Waals surface area contributed by atoms with Gasteiger partial charge in [0.05, 0.1) is 5.69 Å². The lowest BCUT2D eigenvalue weighted by Crippen LogP contribution is -2.24. The lowest BCUT2D eigenvalue weighted by Gasteiger charge is -2.24. The first-order chi connectivity index (χ1) is 8.07. The first-order valence-electron chi connectivity index (χ1n) is 5.82. The van der Waals surface area contributed by atoms with Crippen LogP contribution in [0.25, 0.3) is 0 Å². The molecule has 0 amide bonds. The molecule has 17 heavy (non-hydrogen) atoms. The van der Waals surface area contributed by atoms with E-state index >= 15 is 0 Å². The molecule has 0 bridgehead atoms. The van der Waals surface area contributed by atoms with Crippen LogP contribution in [0, 0.1) is 5.82 Å². The second-order valence-corrected chi connectivity index (χ2v) is 4.23. The second-order valence-electron chi connectivity index (χ2n) is 4.23. The second kappa shape index (κ2) is 6.57. The summed E-state index contributed by atoms with van der Waals surface area (Å²) in [5, 5.41) is 0. The quantitative estimate of drug-likeness (QED) is 0.775. The van der Waals surface area contributed by atoms with E-state index in [1.807, 2.05) is 24.9 Å². The number of hydrogen-bond donors (Lipinski definition) is 1. The summed E-state index contributed by atoms with van der Waals surface area (Å²) in [6.07, 6.45) is 0.861. The molecule has 1 aromatic rings. The van der Waals surface area contributed by atoms with Gasteiger partial charge >= 0.3 is 0 Å². The number of rotatable bonds is 6. The van der Waals surface area contributed by atoms with Gasteiger partial charge in [0, 0.05) is 33.4 Å². The van der Waals surface area contributed by atoms with Crippen molar-refractivity contribution in [3.8, 4) is 0 Å². The van der Waals surface area contributed by atoms with Gasteiger partial charge in [-0.25, -0.2) is 4.39 Å². The molecule has 0 aliphatic carbocycles. The van der Waals surface area contributed by atoms with Gasteiger partial charge in [0.1, 0.15) is 5.82 Å². The third-order valence-electron chi connectivity index (χ3n) is 2.73. The van der Waals surface area contributed by atoms with E-state index in [9.17, 15) is 4.39 Å². The fourth-order valence-corrected chi connectivity index (χ4v) is 1.86. The van der Waals surface area contributed by atoms with Gasteiger partial charge in [0.2, 0.25) is 0 Å². The highest BCUT2D eigenvalue weighted by Crippen LogP contribution is 2.27. The Balaban J connectivity index is 2.87. The predicted molar refractivity (Wildman–Crippen MR) is 68.8 cm³/mol. The SMILES string of the molecule is COCCCN(C)c1c(F)cccc1C(C)N. The van der Waals surface area contributed by atoms with Gasteiger partial charge in [0.15, 0.2) is 0 Å². The highest BCUT2D eigenvalue weighted by atomic mass is 19.1. The Hall–Kier alpha value is -1.13. The molecule has 0 aliphatic rings. The number of hydrogen-bond acceptors (Lipinski definition) is 3. The molecule has 3 nitrogen and oxygen atoms in total. The van der Waals surface area contributed by atoms with Crippen LogP contribution >= 0.6 is 0 Å². The number of para-hydroxylation sites is 1. The Kier molecular flexibility index (Phi) is 5.38. The van der Waals surface area contributed by atoms with Gasteiger partial charge in [-0.05, 0) is 25.0 Å². The molecular weight excluding hydrogens is 219 g/mol. The first kappa shape index (κ1) is 13.9. The molecule has 0 fully saturated rings. The molecule has 96 valence electrons. The van der Waals surface area contributed by atoms with Crippen LogP contribution in [-0.4, -0.2) is 27.3 Å². The molecule has 0 aliphatic heterocycles. The molecular formula is C13H21FN2O. The monoisotopic (exact) mass is 240 g/mol. The van der Waals surface area contributed by atoms with Gasteiger partial charge in [-0.3, -0.25) is 0 Å². The van der Waals surface area contributed by atoms with Gasteiger partial charge in [-0.1, -0.05) is 12.1 Å². The van der Waals surface area contributed by atoms with Crippen LogP contribution in [0.2, 0.25) is 0 Å². The van der Waals surface area contributed by atoms with Crippen LogP contribution in [0.5, 0.6) is 0 Å². The molecule has 0 radical (unpaired) electrons. The van der Waals surface area contributed by atoms with Crippen molar-refractivity contribution >= 4 is 5.69 Å². The molecule has 0 spiro atoms. The maximum Gasteiger partial charge on any atom is 0.146 e. The molecule has 1 rings (SSSR count). The first-order valence-corrected chi connectivity index (χ1v) is 5.82. The largest absolute Gasteiger partial charge is 0.385 e. The van der Waals surface area contributed by atoms with Crippen LogP contribution in [0.15, 0.2) is 18.2 Å². The third-order valence-corrected chi connectivity index (χ3v) is 2.73. The Morgan fingerprint density at radius 1 is 1.47 bits per heavy atom. The van der Waals surface area contributed by atoms with E-state index in [4.69, 9.17) is 10.5 Å². The summed E-state index contributed by atoms with van der Waals surface area (Å²) in [7, 11) is 3.54. The molecule has 0 saturated carbocycles. The van der Waals surface area contributed by atoms with Crippen molar-refractivity contribution in [1.82, 2.24) is 0 Å². The Morgan fingerprint density at radius 3 is 2.76 bits per heavy atom. The van der Waals surface area contributed by atoms with Crippen LogP contribution in [0.1, 0.15) is 24.9 Å². The number of halogens is 1. The third kappa shape index (κ3) is 3.68. The molecule has 0 saturated heterocycles. The zero-order valence-corrected chi connectivity index (χ0v) is 10.7. The fourth-order valence-electron chi connectivity index (χ4n) is 1.86. The van der Waals surface area contributed by atoms with Crippen molar-refractivity contribution in [2.24, 2.45) is 5.73 Å². The summed E-state index contributed by atoms with van der Waals surface area (Å²) in [5.41, 5.74) is 7.29. The molecule has 1 atom stereocenters. The number of ether oxygens (including phenoxy) is 1. The standard InChI is InChI=1S/C13H21FN2O/c1-10(15)11-6-4-7-12(14)13(11)16(2)8-5-9-17-3/h4,6-7,10H,5,8-9,15H2,1-3H3. The molecule has 0 aromatic heterocycles. The fraction of sp³-hybridized carbons (Fsp3) is 0.538. The van der Waals surface area contributed by atoms with Gasteiger partial charge in [-0.2, -0.15) is 0 Å². The lowest BCUT2D eigenvalue weighted by atomic mass is 10.1. The summed E-state index contributed by atoms with van der Waals surface area (Å²) in [6, 6.07) is 4.86. The number of nitrogens with two attached hydrogens (primary N) is 1. The number of nitrogens with zero attached hydrogens (tertiary/aromatic N) is 1. The van der Waals surface area contributed by atoms with Crippen molar-refractivity contribution in [2.75, 3.05) is 32.2 Å². The maximum atomic E-state index is 13.8. The lowest BCUT2D eigenvalue weighted by molar-refractivity contribution is 0.196. The molecule has 4 heteroatoms. The molecule has 0 heterocycles. The summed E-state index contributed by atoms with van der Waals surface area (Å²) in [5.74, 6) is -0.222. The van der Waals surface area contributed by atoms with Gasteiger partial charge < -0.3 is 15.4 Å². The highest BCUT2D eigenvalue weighted by molar-refractivity contribution is 5.55. The van der Waals surface area contributed by atoms with Crippen molar-refractivity contribution in [3.05, 3.63) is 29.6 Å². The Morgan fingerprint density at radius 2 is 2.18 bits per heavy atom. The summed E-state index contributed by atoms with van der Waals surface area (Å²) >= 11 is 0. The van der Waals surface area contributed by atoms with Gasteiger partial charge in [-0.15, -0.1) is 0 Å². The highest BCUT2D eigenvalue weighted by Gasteiger charge is 2.14. The normalized spacial score (nSPS) is 12.5.